The van der Waals surface area contributed by atoms with E-state index in [1.54, 1.807) is 21.2 Å². The smallest absolute Gasteiger partial charge is 0.241 e. The van der Waals surface area contributed by atoms with Crippen molar-refractivity contribution >= 4 is 47.4 Å². The summed E-state index contributed by atoms with van der Waals surface area (Å²) in [6, 6.07) is 15.5. The van der Waals surface area contributed by atoms with Crippen LogP contribution in [-0.4, -0.2) is 51.1 Å². The summed E-state index contributed by atoms with van der Waals surface area (Å²) in [4.78, 5) is 18.0. The number of nitrogens with zero attached hydrogens (tertiary/aromatic N) is 2. The lowest BCUT2D eigenvalue weighted by Crippen LogP contribution is -2.43. The molecule has 2 aromatic carbocycles. The van der Waals surface area contributed by atoms with E-state index in [4.69, 9.17) is 16.3 Å². The summed E-state index contributed by atoms with van der Waals surface area (Å²) in [7, 11) is 5.10. The van der Waals surface area contributed by atoms with E-state index >= 15 is 0 Å². The summed E-state index contributed by atoms with van der Waals surface area (Å²) >= 11 is 6.20. The van der Waals surface area contributed by atoms with Crippen LogP contribution < -0.4 is 15.4 Å². The minimum Gasteiger partial charge on any atom is -0.497 e. The van der Waals surface area contributed by atoms with Crippen LogP contribution in [0.15, 0.2) is 53.5 Å². The van der Waals surface area contributed by atoms with Crippen LogP contribution in [0, 0.1) is 0 Å². The van der Waals surface area contributed by atoms with Crippen LogP contribution in [0.5, 0.6) is 5.75 Å². The Labute approximate surface area is 194 Å². The van der Waals surface area contributed by atoms with Crippen LogP contribution in [0.2, 0.25) is 5.02 Å². The number of hydrogen-bond acceptors (Lipinski definition) is 3. The van der Waals surface area contributed by atoms with Crippen LogP contribution in [0.1, 0.15) is 11.1 Å². The van der Waals surface area contributed by atoms with E-state index in [0.29, 0.717) is 24.1 Å². The number of methoxy groups -OCH3 is 1. The lowest BCUT2D eigenvalue weighted by Gasteiger charge is -2.15. The maximum Gasteiger partial charge on any atom is 0.241 e. The number of aliphatic imine (C=N–C) groups is 1. The molecule has 158 valence electrons. The Hall–Kier alpha value is -2.00. The highest BCUT2D eigenvalue weighted by Gasteiger charge is 2.06. The Bertz CT molecular complexity index is 798. The zero-order chi connectivity index (χ0) is 20.4. The van der Waals surface area contributed by atoms with Gasteiger partial charge < -0.3 is 20.3 Å². The topological polar surface area (TPSA) is 66.0 Å². The van der Waals surface area contributed by atoms with E-state index in [9.17, 15) is 4.79 Å². The van der Waals surface area contributed by atoms with E-state index in [0.717, 1.165) is 17.7 Å². The van der Waals surface area contributed by atoms with Gasteiger partial charge in [0.15, 0.2) is 5.96 Å². The Morgan fingerprint density at radius 3 is 2.41 bits per heavy atom. The maximum atomic E-state index is 11.9. The molecular formula is C21H28ClIN4O2. The van der Waals surface area contributed by atoms with Crippen LogP contribution in [0.25, 0.3) is 0 Å². The molecule has 6 nitrogen and oxygen atoms in total. The molecule has 0 saturated heterocycles. The molecular weight excluding hydrogens is 503 g/mol. The van der Waals surface area contributed by atoms with Crippen molar-refractivity contribution in [3.63, 3.8) is 0 Å². The van der Waals surface area contributed by atoms with Crippen molar-refractivity contribution in [1.82, 2.24) is 15.5 Å². The van der Waals surface area contributed by atoms with Crippen LogP contribution in [-0.2, 0) is 17.8 Å². The highest BCUT2D eigenvalue weighted by atomic mass is 127. The van der Waals surface area contributed by atoms with Crippen LogP contribution in [0.4, 0.5) is 0 Å². The lowest BCUT2D eigenvalue weighted by molar-refractivity contribution is -0.127. The molecule has 0 heterocycles. The number of likely N-dealkylation sites (N-methyl/N-ethyl adjacent to an activating group) is 1. The Morgan fingerprint density at radius 1 is 1.10 bits per heavy atom. The number of guanidine groups is 1. The van der Waals surface area contributed by atoms with Gasteiger partial charge in [0, 0.05) is 25.7 Å². The number of hydrogen-bond donors (Lipinski definition) is 2. The molecule has 0 aliphatic carbocycles. The number of rotatable bonds is 8. The van der Waals surface area contributed by atoms with Gasteiger partial charge in [0.25, 0.3) is 0 Å². The summed E-state index contributed by atoms with van der Waals surface area (Å²) in [5.41, 5.74) is 2.11. The largest absolute Gasteiger partial charge is 0.497 e. The third-order valence-corrected chi connectivity index (χ3v) is 4.51. The first-order valence-corrected chi connectivity index (χ1v) is 9.46. The standard InChI is InChI=1S/C21H27ClN4O2.HI/c1-26(2)20(27)15-25-21(24-14-17-6-4-5-7-19(17)22)23-13-12-16-8-10-18(28-3)11-9-16;/h4-11H,12-15H2,1-3H3,(H2,23,24,25);1H. The number of carbonyl (C=O) groups excluding carboxylic acids is 1. The molecule has 2 N–H and O–H groups in total. The first-order valence-electron chi connectivity index (χ1n) is 9.08. The normalized spacial score (nSPS) is 10.7. The van der Waals surface area contributed by atoms with Crippen molar-refractivity contribution in [1.29, 1.82) is 0 Å². The third-order valence-electron chi connectivity index (χ3n) is 4.14. The van der Waals surface area contributed by atoms with Gasteiger partial charge in [-0.1, -0.05) is 41.9 Å². The van der Waals surface area contributed by atoms with Gasteiger partial charge in [0.05, 0.1) is 20.2 Å². The molecule has 2 aromatic rings. The van der Waals surface area contributed by atoms with Crippen molar-refractivity contribution in [2.75, 3.05) is 34.3 Å². The molecule has 1 amide bonds. The SMILES string of the molecule is COc1ccc(CCNC(=NCc2ccccc2Cl)NCC(=O)N(C)C)cc1.I. The molecule has 0 aromatic heterocycles. The molecule has 0 aliphatic heterocycles. The molecule has 2 rings (SSSR count). The van der Waals surface area contributed by atoms with Crippen molar-refractivity contribution in [3.8, 4) is 5.75 Å². The Morgan fingerprint density at radius 2 is 1.79 bits per heavy atom. The van der Waals surface area contributed by atoms with E-state index in [1.165, 1.54) is 10.5 Å². The molecule has 8 heteroatoms. The average Bonchev–Trinajstić information content (AvgIpc) is 2.70. The number of benzene rings is 2. The second-order valence-electron chi connectivity index (χ2n) is 6.42. The monoisotopic (exact) mass is 530 g/mol. The minimum atomic E-state index is -0.0256. The quantitative estimate of drug-likeness (QED) is 0.312. The molecule has 0 unspecified atom stereocenters. The average molecular weight is 531 g/mol. The number of halogens is 2. The highest BCUT2D eigenvalue weighted by Crippen LogP contribution is 2.15. The van der Waals surface area contributed by atoms with Gasteiger partial charge in [-0.25, -0.2) is 4.99 Å². The van der Waals surface area contributed by atoms with E-state index in [-0.39, 0.29) is 36.4 Å². The van der Waals surface area contributed by atoms with E-state index in [2.05, 4.69) is 15.6 Å². The fraction of sp³-hybridized carbons (Fsp3) is 0.333. The lowest BCUT2D eigenvalue weighted by atomic mass is 10.1. The number of nitrogens with one attached hydrogen (secondary N) is 2. The van der Waals surface area contributed by atoms with Crippen molar-refractivity contribution in [2.24, 2.45) is 4.99 Å². The molecule has 0 aliphatic rings. The molecule has 0 radical (unpaired) electrons. The summed E-state index contributed by atoms with van der Waals surface area (Å²) in [5.74, 6) is 1.38. The minimum absolute atomic E-state index is 0. The zero-order valence-electron chi connectivity index (χ0n) is 16.9. The summed E-state index contributed by atoms with van der Waals surface area (Å²) in [5, 5.41) is 7.03. The molecule has 0 spiro atoms. The zero-order valence-corrected chi connectivity index (χ0v) is 20.0. The van der Waals surface area contributed by atoms with Crippen LogP contribution >= 0.6 is 35.6 Å². The fourth-order valence-corrected chi connectivity index (χ4v) is 2.60. The Kier molecular flexibility index (Phi) is 11.5. The maximum absolute atomic E-state index is 11.9. The van der Waals surface area contributed by atoms with Gasteiger partial charge in [-0.05, 0) is 35.7 Å². The first-order chi connectivity index (χ1) is 13.5. The summed E-state index contributed by atoms with van der Waals surface area (Å²) < 4.78 is 5.18. The van der Waals surface area contributed by atoms with E-state index < -0.39 is 0 Å². The molecule has 0 bridgehead atoms. The van der Waals surface area contributed by atoms with Crippen molar-refractivity contribution in [3.05, 3.63) is 64.7 Å². The highest BCUT2D eigenvalue weighted by molar-refractivity contribution is 14.0. The predicted molar refractivity (Wildman–Crippen MR) is 129 cm³/mol. The number of ether oxygens (including phenoxy) is 1. The van der Waals surface area contributed by atoms with Gasteiger partial charge in [0.2, 0.25) is 5.91 Å². The van der Waals surface area contributed by atoms with Gasteiger partial charge in [-0.3, -0.25) is 4.79 Å². The van der Waals surface area contributed by atoms with Gasteiger partial charge in [-0.15, -0.1) is 24.0 Å². The second-order valence-corrected chi connectivity index (χ2v) is 6.83. The van der Waals surface area contributed by atoms with Gasteiger partial charge >= 0.3 is 0 Å². The Balaban J connectivity index is 0.00000420. The van der Waals surface area contributed by atoms with Crippen molar-refractivity contribution in [2.45, 2.75) is 13.0 Å². The number of amides is 1. The molecule has 0 fully saturated rings. The molecule has 0 saturated carbocycles. The summed E-state index contributed by atoms with van der Waals surface area (Å²) in [6.07, 6.45) is 0.818. The van der Waals surface area contributed by atoms with Crippen LogP contribution in [0.3, 0.4) is 0 Å². The first kappa shape index (κ1) is 25.0. The second kappa shape index (κ2) is 13.3. The van der Waals surface area contributed by atoms with Gasteiger partial charge in [0.1, 0.15) is 5.75 Å². The summed E-state index contributed by atoms with van der Waals surface area (Å²) in [6.45, 7) is 1.27. The van der Waals surface area contributed by atoms with Gasteiger partial charge in [-0.2, -0.15) is 0 Å². The van der Waals surface area contributed by atoms with E-state index in [1.807, 2.05) is 48.5 Å². The third kappa shape index (κ3) is 8.91. The predicted octanol–water partition coefficient (Wildman–Crippen LogP) is 3.33. The van der Waals surface area contributed by atoms with Crippen molar-refractivity contribution < 1.29 is 9.53 Å². The molecule has 0 atom stereocenters. The fourth-order valence-electron chi connectivity index (χ4n) is 2.40. The molecule has 29 heavy (non-hydrogen) atoms. The number of carbonyl (C=O) groups is 1.